The molecule has 2 unspecified atom stereocenters. The largest absolute Gasteiger partial charge is 0.467 e. The number of likely N-dealkylation sites (tertiary alicyclic amines) is 1. The molecule has 7 heteroatoms. The number of esters is 2. The number of rotatable bonds is 18. The van der Waals surface area contributed by atoms with Gasteiger partial charge >= 0.3 is 11.9 Å². The zero-order valence-corrected chi connectivity index (χ0v) is 18.9. The molecule has 2 atom stereocenters. The van der Waals surface area contributed by atoms with Crippen molar-refractivity contribution in [1.29, 1.82) is 0 Å². The maximum atomic E-state index is 12.1. The number of unbranched alkanes of at least 4 members (excludes halogenated alkanes) is 8. The molecule has 1 fully saturated rings. The van der Waals surface area contributed by atoms with Crippen molar-refractivity contribution in [1.82, 2.24) is 4.90 Å². The highest BCUT2D eigenvalue weighted by Crippen LogP contribution is 2.16. The van der Waals surface area contributed by atoms with Crippen LogP contribution < -0.4 is 0 Å². The first-order valence-corrected chi connectivity index (χ1v) is 11.6. The van der Waals surface area contributed by atoms with E-state index in [0.29, 0.717) is 19.4 Å². The van der Waals surface area contributed by atoms with Crippen LogP contribution in [0.25, 0.3) is 0 Å². The summed E-state index contributed by atoms with van der Waals surface area (Å²) < 4.78 is 15.5. The molecule has 1 aliphatic rings. The van der Waals surface area contributed by atoms with Crippen molar-refractivity contribution in [2.45, 2.75) is 77.6 Å². The van der Waals surface area contributed by atoms with E-state index in [9.17, 15) is 14.4 Å². The first-order valence-electron chi connectivity index (χ1n) is 11.6. The molecular formula is C23H41NO6. The Labute approximate surface area is 181 Å². The molecule has 1 saturated heterocycles. The molecule has 0 saturated carbocycles. The number of hydrogen-bond donors (Lipinski definition) is 0. The number of hydrogen-bond acceptors (Lipinski definition) is 7. The van der Waals surface area contributed by atoms with E-state index in [0.717, 1.165) is 32.2 Å². The summed E-state index contributed by atoms with van der Waals surface area (Å²) in [7, 11) is 1.97. The Morgan fingerprint density at radius 3 is 2.20 bits per heavy atom. The number of carbonyl (C=O) groups is 3. The minimum Gasteiger partial charge on any atom is -0.467 e. The van der Waals surface area contributed by atoms with E-state index in [1.54, 1.807) is 0 Å². The van der Waals surface area contributed by atoms with Gasteiger partial charge in [0.05, 0.1) is 11.8 Å². The summed E-state index contributed by atoms with van der Waals surface area (Å²) in [5, 5.41) is 0. The van der Waals surface area contributed by atoms with Crippen LogP contribution in [0.5, 0.6) is 0 Å². The normalized spacial score (nSPS) is 17.5. The Balaban J connectivity index is 2.14. The highest BCUT2D eigenvalue weighted by Gasteiger charge is 2.28. The van der Waals surface area contributed by atoms with Gasteiger partial charge in [-0.2, -0.15) is 0 Å². The molecule has 1 heterocycles. The first-order chi connectivity index (χ1) is 14.6. The summed E-state index contributed by atoms with van der Waals surface area (Å²) in [6.45, 7) is 4.38. The molecule has 0 radical (unpaired) electrons. The van der Waals surface area contributed by atoms with Crippen LogP contribution >= 0.6 is 0 Å². The summed E-state index contributed by atoms with van der Waals surface area (Å²) in [6, 6.07) is 0. The zero-order valence-electron chi connectivity index (χ0n) is 18.9. The molecule has 7 nitrogen and oxygen atoms in total. The predicted octanol–water partition coefficient (Wildman–Crippen LogP) is 3.73. The molecule has 0 aromatic carbocycles. The van der Waals surface area contributed by atoms with E-state index >= 15 is 0 Å². The molecule has 0 bridgehead atoms. The van der Waals surface area contributed by atoms with Gasteiger partial charge in [-0.3, -0.25) is 14.4 Å². The van der Waals surface area contributed by atoms with E-state index in [1.165, 1.54) is 38.5 Å². The maximum absolute atomic E-state index is 12.1. The van der Waals surface area contributed by atoms with E-state index in [4.69, 9.17) is 14.2 Å². The quantitative estimate of drug-likeness (QED) is 0.143. The molecule has 1 aliphatic heterocycles. The number of carbonyl (C=O) groups excluding carboxylic acids is 3. The van der Waals surface area contributed by atoms with Gasteiger partial charge in [-0.15, -0.1) is 0 Å². The van der Waals surface area contributed by atoms with Crippen LogP contribution in [0, 0.1) is 11.8 Å². The summed E-state index contributed by atoms with van der Waals surface area (Å²) in [6.07, 6.45) is 11.9. The lowest BCUT2D eigenvalue weighted by Crippen LogP contribution is -2.28. The van der Waals surface area contributed by atoms with Crippen molar-refractivity contribution < 1.29 is 28.6 Å². The van der Waals surface area contributed by atoms with Crippen LogP contribution in [0.3, 0.4) is 0 Å². The Bertz CT molecular complexity index is 484. The average molecular weight is 428 g/mol. The summed E-state index contributed by atoms with van der Waals surface area (Å²) >= 11 is 0. The van der Waals surface area contributed by atoms with Gasteiger partial charge in [0.2, 0.25) is 0 Å². The third kappa shape index (κ3) is 12.8. The zero-order chi connectivity index (χ0) is 22.0. The fourth-order valence-corrected chi connectivity index (χ4v) is 3.63. The summed E-state index contributed by atoms with van der Waals surface area (Å²) in [5.74, 6) is -0.948. The lowest BCUT2D eigenvalue weighted by atomic mass is 10.1. The number of nitrogens with zero attached hydrogens (tertiary/aromatic N) is 1. The maximum Gasteiger partial charge on any atom is 0.310 e. The Morgan fingerprint density at radius 1 is 0.967 bits per heavy atom. The van der Waals surface area contributed by atoms with Gasteiger partial charge in [0.25, 0.3) is 6.47 Å². The lowest BCUT2D eigenvalue weighted by molar-refractivity contribution is -0.153. The van der Waals surface area contributed by atoms with Crippen molar-refractivity contribution in [3.05, 3.63) is 0 Å². The number of ether oxygens (including phenoxy) is 3. The smallest absolute Gasteiger partial charge is 0.310 e. The van der Waals surface area contributed by atoms with Crippen molar-refractivity contribution in [2.24, 2.45) is 11.8 Å². The van der Waals surface area contributed by atoms with Gasteiger partial charge in [0.15, 0.2) is 0 Å². The lowest BCUT2D eigenvalue weighted by Gasteiger charge is -2.17. The van der Waals surface area contributed by atoms with Crippen molar-refractivity contribution in [3.8, 4) is 0 Å². The SMILES string of the molecule is CCCCCCCCCCCC(=O)OCC(COC=O)COC(=O)C1CCN(C)C1. The second kappa shape index (κ2) is 17.1. The van der Waals surface area contributed by atoms with Gasteiger partial charge in [0.1, 0.15) is 19.8 Å². The van der Waals surface area contributed by atoms with Crippen LogP contribution in [0.2, 0.25) is 0 Å². The van der Waals surface area contributed by atoms with Crippen LogP contribution in [-0.4, -0.2) is 63.3 Å². The highest BCUT2D eigenvalue weighted by atomic mass is 16.6. The van der Waals surface area contributed by atoms with E-state index in [1.807, 2.05) is 7.05 Å². The van der Waals surface area contributed by atoms with Crippen LogP contribution in [0.15, 0.2) is 0 Å². The van der Waals surface area contributed by atoms with Gasteiger partial charge in [-0.25, -0.2) is 0 Å². The third-order valence-electron chi connectivity index (χ3n) is 5.55. The molecule has 0 aromatic rings. The molecule has 0 amide bonds. The minimum absolute atomic E-state index is 0.0622. The van der Waals surface area contributed by atoms with Crippen LogP contribution in [0.4, 0.5) is 0 Å². The molecule has 0 N–H and O–H groups in total. The van der Waals surface area contributed by atoms with Crippen molar-refractivity contribution in [2.75, 3.05) is 40.0 Å². The predicted molar refractivity (Wildman–Crippen MR) is 115 cm³/mol. The summed E-state index contributed by atoms with van der Waals surface area (Å²) in [5.41, 5.74) is 0. The molecular weight excluding hydrogens is 386 g/mol. The second-order valence-electron chi connectivity index (χ2n) is 8.43. The van der Waals surface area contributed by atoms with Crippen molar-refractivity contribution in [3.63, 3.8) is 0 Å². The Kier molecular flexibility index (Phi) is 15.0. The molecule has 174 valence electrons. The first kappa shape index (κ1) is 26.4. The average Bonchev–Trinajstić information content (AvgIpc) is 3.18. The van der Waals surface area contributed by atoms with Gasteiger partial charge in [0, 0.05) is 13.0 Å². The van der Waals surface area contributed by atoms with E-state index in [2.05, 4.69) is 11.8 Å². The molecule has 0 aromatic heterocycles. The Hall–Kier alpha value is -1.63. The highest BCUT2D eigenvalue weighted by molar-refractivity contribution is 5.73. The fourth-order valence-electron chi connectivity index (χ4n) is 3.63. The second-order valence-corrected chi connectivity index (χ2v) is 8.43. The monoisotopic (exact) mass is 427 g/mol. The molecule has 1 rings (SSSR count). The molecule has 0 spiro atoms. The Morgan fingerprint density at radius 2 is 1.60 bits per heavy atom. The fraction of sp³-hybridized carbons (Fsp3) is 0.870. The standard InChI is InChI=1S/C23H41NO6/c1-3-4-5-6-7-8-9-10-11-12-22(26)29-17-20(16-28-19-25)18-30-23(27)21-13-14-24(2)15-21/h19-21H,3-18H2,1-2H3. The summed E-state index contributed by atoms with van der Waals surface area (Å²) in [4.78, 5) is 36.7. The molecule has 30 heavy (non-hydrogen) atoms. The topological polar surface area (TPSA) is 82.1 Å². The van der Waals surface area contributed by atoms with Crippen molar-refractivity contribution >= 4 is 18.4 Å². The van der Waals surface area contributed by atoms with E-state index < -0.39 is 0 Å². The van der Waals surface area contributed by atoms with Gasteiger partial charge < -0.3 is 19.1 Å². The molecule has 0 aliphatic carbocycles. The van der Waals surface area contributed by atoms with Gasteiger partial charge in [-0.1, -0.05) is 58.3 Å². The third-order valence-corrected chi connectivity index (χ3v) is 5.55. The minimum atomic E-state index is -0.342. The van der Waals surface area contributed by atoms with Crippen LogP contribution in [-0.2, 0) is 28.6 Å². The van der Waals surface area contributed by atoms with Gasteiger partial charge in [-0.05, 0) is 26.4 Å². The van der Waals surface area contributed by atoms with E-state index in [-0.39, 0.29) is 43.6 Å². The van der Waals surface area contributed by atoms with Crippen LogP contribution in [0.1, 0.15) is 77.6 Å².